The number of phenolic OH excluding ortho intramolecular Hbond substituents is 1. The number of rotatable bonds is 6. The largest absolute Gasteiger partial charge is 0.507 e. The molecule has 0 saturated carbocycles. The van der Waals surface area contributed by atoms with Crippen LogP contribution in [0.3, 0.4) is 0 Å². The van der Waals surface area contributed by atoms with Gasteiger partial charge in [0.05, 0.1) is 7.11 Å². The first kappa shape index (κ1) is 19.2. The number of fused-ring (bicyclic) bond motifs is 1. The lowest BCUT2D eigenvalue weighted by Crippen LogP contribution is -2.31. The van der Waals surface area contributed by atoms with Gasteiger partial charge < -0.3 is 19.5 Å². The summed E-state index contributed by atoms with van der Waals surface area (Å²) in [6.07, 6.45) is 0. The second-order valence-corrected chi connectivity index (χ2v) is 6.35. The summed E-state index contributed by atoms with van der Waals surface area (Å²) in [6.45, 7) is -0.0988. The minimum Gasteiger partial charge on any atom is -0.507 e. The van der Waals surface area contributed by atoms with Crippen LogP contribution in [0, 0.1) is 0 Å². The summed E-state index contributed by atoms with van der Waals surface area (Å²) in [5, 5.41) is 11.7. The van der Waals surface area contributed by atoms with E-state index in [0.717, 1.165) is 16.3 Å². The monoisotopic (exact) mass is 379 g/mol. The van der Waals surface area contributed by atoms with Crippen molar-refractivity contribution in [2.24, 2.45) is 0 Å². The van der Waals surface area contributed by atoms with Gasteiger partial charge in [0.1, 0.15) is 17.1 Å². The molecule has 0 aliphatic carbocycles. The molecule has 0 unspecified atom stereocenters. The molecule has 0 atom stereocenters. The number of aromatic hydroxyl groups is 1. The fourth-order valence-corrected chi connectivity index (χ4v) is 2.88. The van der Waals surface area contributed by atoms with E-state index < -0.39 is 12.6 Å². The van der Waals surface area contributed by atoms with Crippen molar-refractivity contribution < 1.29 is 24.2 Å². The first-order valence-electron chi connectivity index (χ1n) is 8.74. The molecule has 0 aliphatic heterocycles. The zero-order chi connectivity index (χ0) is 20.1. The number of nitrogens with zero attached hydrogens (tertiary/aromatic N) is 1. The van der Waals surface area contributed by atoms with Gasteiger partial charge in [-0.3, -0.25) is 4.79 Å². The lowest BCUT2D eigenvalue weighted by atomic mass is 10.1. The lowest BCUT2D eigenvalue weighted by Gasteiger charge is -2.18. The van der Waals surface area contributed by atoms with Crippen LogP contribution in [0.4, 0.5) is 0 Å². The fourth-order valence-electron chi connectivity index (χ4n) is 2.88. The number of ether oxygens (including phenoxy) is 2. The average molecular weight is 379 g/mol. The predicted molar refractivity (Wildman–Crippen MR) is 105 cm³/mol. The summed E-state index contributed by atoms with van der Waals surface area (Å²) in [5.41, 5.74) is 0.873. The molecule has 0 bridgehead atoms. The Balaban J connectivity index is 1.64. The van der Waals surface area contributed by atoms with Crippen LogP contribution in [0.2, 0.25) is 0 Å². The third kappa shape index (κ3) is 4.23. The van der Waals surface area contributed by atoms with E-state index in [9.17, 15) is 14.7 Å². The van der Waals surface area contributed by atoms with Crippen LogP contribution in [0.15, 0.2) is 60.7 Å². The zero-order valence-electron chi connectivity index (χ0n) is 15.7. The molecule has 0 aliphatic rings. The van der Waals surface area contributed by atoms with Crippen molar-refractivity contribution in [3.63, 3.8) is 0 Å². The standard InChI is InChI=1S/C22H21NO5/c1-23(13-17-9-5-6-10-20(17)27-2)21(25)14-28-22(26)18-11-15-7-3-4-8-16(15)12-19(18)24/h3-12,24H,13-14H2,1-2H3. The molecule has 0 fully saturated rings. The SMILES string of the molecule is COc1ccccc1CN(C)C(=O)COC(=O)c1cc2ccccc2cc1O. The number of esters is 1. The number of para-hydroxylation sites is 1. The van der Waals surface area contributed by atoms with Gasteiger partial charge in [0.15, 0.2) is 6.61 Å². The molecule has 144 valence electrons. The van der Waals surface area contributed by atoms with E-state index in [1.54, 1.807) is 20.2 Å². The van der Waals surface area contributed by atoms with Gasteiger partial charge in [0.2, 0.25) is 0 Å². The van der Waals surface area contributed by atoms with E-state index in [4.69, 9.17) is 9.47 Å². The number of methoxy groups -OCH3 is 1. The highest BCUT2D eigenvalue weighted by Crippen LogP contribution is 2.25. The molecule has 0 saturated heterocycles. The van der Waals surface area contributed by atoms with Crippen LogP contribution in [0.1, 0.15) is 15.9 Å². The predicted octanol–water partition coefficient (Wildman–Crippen LogP) is 3.37. The van der Waals surface area contributed by atoms with Crippen LogP contribution in [-0.4, -0.2) is 42.6 Å². The van der Waals surface area contributed by atoms with Gasteiger partial charge in [-0.05, 0) is 29.0 Å². The van der Waals surface area contributed by atoms with Gasteiger partial charge in [-0.15, -0.1) is 0 Å². The van der Waals surface area contributed by atoms with Crippen LogP contribution >= 0.6 is 0 Å². The maximum atomic E-state index is 12.3. The number of carbonyl (C=O) groups is 2. The van der Waals surface area contributed by atoms with E-state index in [1.165, 1.54) is 11.0 Å². The Morgan fingerprint density at radius 2 is 1.64 bits per heavy atom. The molecule has 1 amide bonds. The number of hydrogen-bond donors (Lipinski definition) is 1. The molecule has 28 heavy (non-hydrogen) atoms. The van der Waals surface area contributed by atoms with Gasteiger partial charge in [-0.1, -0.05) is 42.5 Å². The molecular weight excluding hydrogens is 358 g/mol. The number of amides is 1. The van der Waals surface area contributed by atoms with Gasteiger partial charge in [0, 0.05) is 19.2 Å². The van der Waals surface area contributed by atoms with Crippen molar-refractivity contribution in [2.75, 3.05) is 20.8 Å². The van der Waals surface area contributed by atoms with E-state index >= 15 is 0 Å². The minimum absolute atomic E-state index is 0.0267. The Hall–Kier alpha value is -3.54. The summed E-state index contributed by atoms with van der Waals surface area (Å²) in [7, 11) is 3.19. The molecule has 3 aromatic rings. The molecule has 0 aromatic heterocycles. The molecular formula is C22H21NO5. The van der Waals surface area contributed by atoms with Crippen molar-refractivity contribution >= 4 is 22.6 Å². The summed E-state index contributed by atoms with van der Waals surface area (Å²) < 4.78 is 10.4. The third-order valence-electron chi connectivity index (χ3n) is 4.44. The molecule has 0 heterocycles. The first-order chi connectivity index (χ1) is 13.5. The van der Waals surface area contributed by atoms with Crippen LogP contribution in [0.5, 0.6) is 11.5 Å². The van der Waals surface area contributed by atoms with E-state index in [1.807, 2.05) is 48.5 Å². The number of benzene rings is 3. The summed E-state index contributed by atoms with van der Waals surface area (Å²) in [4.78, 5) is 26.1. The van der Waals surface area contributed by atoms with Gasteiger partial charge >= 0.3 is 5.97 Å². The van der Waals surface area contributed by atoms with Crippen molar-refractivity contribution in [2.45, 2.75) is 6.54 Å². The van der Waals surface area contributed by atoms with Crippen molar-refractivity contribution in [1.82, 2.24) is 4.90 Å². The highest BCUT2D eigenvalue weighted by atomic mass is 16.5. The maximum absolute atomic E-state index is 12.3. The van der Waals surface area contributed by atoms with E-state index in [2.05, 4.69) is 0 Å². The quantitative estimate of drug-likeness (QED) is 0.665. The normalized spacial score (nSPS) is 10.5. The summed E-state index contributed by atoms with van der Waals surface area (Å²) in [6, 6.07) is 17.8. The molecule has 6 nitrogen and oxygen atoms in total. The maximum Gasteiger partial charge on any atom is 0.342 e. The Bertz CT molecular complexity index is 1010. The summed E-state index contributed by atoms with van der Waals surface area (Å²) >= 11 is 0. The van der Waals surface area contributed by atoms with Crippen LogP contribution in [0.25, 0.3) is 10.8 Å². The Morgan fingerprint density at radius 3 is 2.36 bits per heavy atom. The van der Waals surface area contributed by atoms with E-state index in [-0.39, 0.29) is 17.2 Å². The third-order valence-corrected chi connectivity index (χ3v) is 4.44. The number of likely N-dealkylation sites (N-methyl/N-ethyl adjacent to an activating group) is 1. The van der Waals surface area contributed by atoms with Gasteiger partial charge in [-0.2, -0.15) is 0 Å². The molecule has 6 heteroatoms. The molecule has 3 aromatic carbocycles. The average Bonchev–Trinajstić information content (AvgIpc) is 2.71. The number of hydrogen-bond acceptors (Lipinski definition) is 5. The fraction of sp³-hybridized carbons (Fsp3) is 0.182. The lowest BCUT2D eigenvalue weighted by molar-refractivity contribution is -0.133. The second-order valence-electron chi connectivity index (χ2n) is 6.35. The Morgan fingerprint density at radius 1 is 1.00 bits per heavy atom. The van der Waals surface area contributed by atoms with Gasteiger partial charge in [0.25, 0.3) is 5.91 Å². The van der Waals surface area contributed by atoms with Crippen molar-refractivity contribution in [1.29, 1.82) is 0 Å². The number of phenols is 1. The molecule has 0 radical (unpaired) electrons. The van der Waals surface area contributed by atoms with Crippen LogP contribution < -0.4 is 4.74 Å². The van der Waals surface area contributed by atoms with Crippen molar-refractivity contribution in [3.05, 3.63) is 71.8 Å². The highest BCUT2D eigenvalue weighted by Gasteiger charge is 2.18. The smallest absolute Gasteiger partial charge is 0.342 e. The number of carbonyl (C=O) groups excluding carboxylic acids is 2. The Kier molecular flexibility index (Phi) is 5.79. The Labute approximate surface area is 162 Å². The molecule has 3 rings (SSSR count). The summed E-state index contributed by atoms with van der Waals surface area (Å²) in [5.74, 6) is -0.611. The first-order valence-corrected chi connectivity index (χ1v) is 8.74. The highest BCUT2D eigenvalue weighted by molar-refractivity contribution is 5.99. The zero-order valence-corrected chi connectivity index (χ0v) is 15.7. The molecule has 0 spiro atoms. The van der Waals surface area contributed by atoms with E-state index in [0.29, 0.717) is 12.3 Å². The topological polar surface area (TPSA) is 76.1 Å². The molecule has 1 N–H and O–H groups in total. The minimum atomic E-state index is -0.748. The van der Waals surface area contributed by atoms with Gasteiger partial charge in [-0.25, -0.2) is 4.79 Å². The van der Waals surface area contributed by atoms with Crippen LogP contribution in [-0.2, 0) is 16.1 Å². The van der Waals surface area contributed by atoms with Crippen molar-refractivity contribution in [3.8, 4) is 11.5 Å². The second kappa shape index (κ2) is 8.43.